The Balaban J connectivity index is 1.55. The van der Waals surface area contributed by atoms with Crippen LogP contribution in [0.2, 0.25) is 0 Å². The zero-order chi connectivity index (χ0) is 22.7. The van der Waals surface area contributed by atoms with Crippen molar-refractivity contribution in [2.45, 2.75) is 11.8 Å². The van der Waals surface area contributed by atoms with Gasteiger partial charge in [0.25, 0.3) is 15.6 Å². The van der Waals surface area contributed by atoms with Crippen LogP contribution in [-0.4, -0.2) is 24.4 Å². The predicted octanol–water partition coefficient (Wildman–Crippen LogP) is 4.79. The maximum Gasteiger partial charge on any atom is 0.280 e. The molecule has 0 saturated carbocycles. The minimum absolute atomic E-state index is 0.108. The minimum Gasteiger partial charge on any atom is -0.295 e. The maximum absolute atomic E-state index is 12.7. The van der Waals surface area contributed by atoms with E-state index in [2.05, 4.69) is 30.7 Å². The zero-order valence-corrected chi connectivity index (χ0v) is 19.4. The van der Waals surface area contributed by atoms with E-state index in [0.717, 1.165) is 5.69 Å². The Bertz CT molecular complexity index is 1440. The number of hydrogen-bond donors (Lipinski definition) is 2. The van der Waals surface area contributed by atoms with E-state index in [1.54, 1.807) is 43.3 Å². The van der Waals surface area contributed by atoms with E-state index in [1.165, 1.54) is 23.0 Å². The first-order chi connectivity index (χ1) is 15.3. The molecular formula is C23H19BrN4O3S. The number of aromatic amines is 1. The first-order valence-corrected chi connectivity index (χ1v) is 11.9. The molecule has 162 valence electrons. The van der Waals surface area contributed by atoms with E-state index in [1.807, 2.05) is 30.3 Å². The first-order valence-electron chi connectivity index (χ1n) is 9.64. The molecule has 9 heteroatoms. The van der Waals surface area contributed by atoms with Crippen LogP contribution in [0.25, 0.3) is 5.69 Å². The Morgan fingerprint density at radius 2 is 1.62 bits per heavy atom. The second-order valence-corrected chi connectivity index (χ2v) is 9.50. The molecule has 0 atom stereocenters. The number of aromatic nitrogens is 2. The quantitative estimate of drug-likeness (QED) is 0.365. The van der Waals surface area contributed by atoms with Crippen LogP contribution in [0.4, 0.5) is 11.4 Å². The molecule has 4 aromatic rings. The van der Waals surface area contributed by atoms with Gasteiger partial charge in [0, 0.05) is 16.4 Å². The van der Waals surface area contributed by atoms with Gasteiger partial charge >= 0.3 is 0 Å². The highest BCUT2D eigenvalue weighted by atomic mass is 79.9. The lowest BCUT2D eigenvalue weighted by Crippen LogP contribution is -2.17. The van der Waals surface area contributed by atoms with Gasteiger partial charge < -0.3 is 0 Å². The number of aliphatic imine (C=N–C) groups is 1. The highest BCUT2D eigenvalue weighted by Gasteiger charge is 2.15. The second-order valence-electron chi connectivity index (χ2n) is 6.96. The summed E-state index contributed by atoms with van der Waals surface area (Å²) in [6, 6.07) is 22.3. The molecular weight excluding hydrogens is 492 g/mol. The Kier molecular flexibility index (Phi) is 6.11. The third-order valence-corrected chi connectivity index (χ3v) is 6.81. The van der Waals surface area contributed by atoms with Gasteiger partial charge in [0.15, 0.2) is 0 Å². The van der Waals surface area contributed by atoms with Crippen molar-refractivity contribution < 1.29 is 8.42 Å². The van der Waals surface area contributed by atoms with Crippen molar-refractivity contribution in [1.82, 2.24) is 9.78 Å². The number of para-hydroxylation sites is 2. The van der Waals surface area contributed by atoms with Crippen LogP contribution in [0.1, 0.15) is 11.3 Å². The summed E-state index contributed by atoms with van der Waals surface area (Å²) >= 11 is 3.33. The zero-order valence-electron chi connectivity index (χ0n) is 17.0. The molecule has 0 saturated heterocycles. The normalized spacial score (nSPS) is 11.7. The summed E-state index contributed by atoms with van der Waals surface area (Å²) in [4.78, 5) is 17.2. The van der Waals surface area contributed by atoms with Gasteiger partial charge in [0.2, 0.25) is 0 Å². The first kappa shape index (κ1) is 21.8. The lowest BCUT2D eigenvalue weighted by Gasteiger charge is -2.09. The minimum atomic E-state index is -3.75. The number of rotatable bonds is 6. The van der Waals surface area contributed by atoms with Gasteiger partial charge in [-0.3, -0.25) is 19.6 Å². The number of nitrogens with one attached hydrogen (secondary N) is 2. The van der Waals surface area contributed by atoms with E-state index in [4.69, 9.17) is 0 Å². The fourth-order valence-electron chi connectivity index (χ4n) is 3.07. The maximum atomic E-state index is 12.7. The number of aryl methyl sites for hydroxylation is 1. The smallest absolute Gasteiger partial charge is 0.280 e. The number of nitrogens with zero attached hydrogens (tertiary/aromatic N) is 2. The van der Waals surface area contributed by atoms with Crippen molar-refractivity contribution in [2.24, 2.45) is 4.99 Å². The number of hydrogen-bond acceptors (Lipinski definition) is 4. The fraction of sp³-hybridized carbons (Fsp3) is 0.0435. The molecule has 0 radical (unpaired) electrons. The van der Waals surface area contributed by atoms with Crippen LogP contribution in [-0.2, 0) is 10.0 Å². The van der Waals surface area contributed by atoms with Crippen LogP contribution in [0, 0.1) is 6.92 Å². The number of anilines is 1. The number of benzene rings is 3. The molecule has 2 N–H and O–H groups in total. The van der Waals surface area contributed by atoms with Gasteiger partial charge in [0.1, 0.15) is 0 Å². The summed E-state index contributed by atoms with van der Waals surface area (Å²) in [5.74, 6) is 0. The molecule has 1 aromatic heterocycles. The van der Waals surface area contributed by atoms with Gasteiger partial charge in [-0.25, -0.2) is 13.1 Å². The Hall–Kier alpha value is -3.43. The predicted molar refractivity (Wildman–Crippen MR) is 130 cm³/mol. The van der Waals surface area contributed by atoms with Crippen molar-refractivity contribution >= 4 is 43.5 Å². The molecule has 0 aliphatic rings. The third kappa shape index (κ3) is 4.58. The number of halogens is 1. The summed E-state index contributed by atoms with van der Waals surface area (Å²) in [5.41, 5.74) is 2.60. The largest absolute Gasteiger partial charge is 0.295 e. The van der Waals surface area contributed by atoms with Crippen LogP contribution >= 0.6 is 15.9 Å². The standard InChI is InChI=1S/C23H19BrN4O3S/c1-16-20(23(29)28(26-16)18-7-3-2-4-8-18)15-25-17-11-13-19(14-12-17)32(30,31)27-22-10-6-5-9-21(22)24/h2-15,26-27H,1H3. The second kappa shape index (κ2) is 8.97. The molecule has 0 aliphatic carbocycles. The van der Waals surface area contributed by atoms with Gasteiger partial charge in [-0.2, -0.15) is 0 Å². The number of H-pyrrole nitrogens is 1. The molecule has 3 aromatic carbocycles. The van der Waals surface area contributed by atoms with E-state index < -0.39 is 10.0 Å². The summed E-state index contributed by atoms with van der Waals surface area (Å²) in [5, 5.41) is 3.04. The SMILES string of the molecule is Cc1[nH]n(-c2ccccc2)c(=O)c1C=Nc1ccc(S(=O)(=O)Nc2ccccc2Br)cc1. The summed E-state index contributed by atoms with van der Waals surface area (Å²) in [6.45, 7) is 1.80. The molecule has 7 nitrogen and oxygen atoms in total. The molecule has 0 fully saturated rings. The Morgan fingerprint density at radius 3 is 2.31 bits per heavy atom. The van der Waals surface area contributed by atoms with E-state index >= 15 is 0 Å². The molecule has 32 heavy (non-hydrogen) atoms. The van der Waals surface area contributed by atoms with Crippen LogP contribution in [0.3, 0.4) is 0 Å². The van der Waals surface area contributed by atoms with Gasteiger partial charge in [-0.1, -0.05) is 30.3 Å². The highest BCUT2D eigenvalue weighted by molar-refractivity contribution is 9.10. The molecule has 0 bridgehead atoms. The summed E-state index contributed by atoms with van der Waals surface area (Å²) in [6.07, 6.45) is 1.48. The summed E-state index contributed by atoms with van der Waals surface area (Å²) < 4.78 is 30.0. The third-order valence-electron chi connectivity index (χ3n) is 4.74. The molecule has 1 heterocycles. The van der Waals surface area contributed by atoms with Crippen molar-refractivity contribution in [3.8, 4) is 5.69 Å². The topological polar surface area (TPSA) is 96.3 Å². The van der Waals surface area contributed by atoms with E-state index in [0.29, 0.717) is 27.1 Å². The lowest BCUT2D eigenvalue weighted by molar-refractivity contribution is 0.601. The summed E-state index contributed by atoms with van der Waals surface area (Å²) in [7, 11) is -3.75. The molecule has 4 rings (SSSR count). The number of sulfonamides is 1. The fourth-order valence-corrected chi connectivity index (χ4v) is 4.66. The van der Waals surface area contributed by atoms with Gasteiger partial charge in [0.05, 0.1) is 27.5 Å². The highest BCUT2D eigenvalue weighted by Crippen LogP contribution is 2.25. The van der Waals surface area contributed by atoms with E-state index in [-0.39, 0.29) is 10.5 Å². The van der Waals surface area contributed by atoms with Crippen molar-refractivity contribution in [3.63, 3.8) is 0 Å². The average molecular weight is 511 g/mol. The molecule has 0 unspecified atom stereocenters. The van der Waals surface area contributed by atoms with Gasteiger partial charge in [-0.15, -0.1) is 0 Å². The van der Waals surface area contributed by atoms with Crippen molar-refractivity contribution in [3.05, 3.63) is 105 Å². The van der Waals surface area contributed by atoms with Crippen molar-refractivity contribution in [2.75, 3.05) is 4.72 Å². The molecule has 0 aliphatic heterocycles. The monoisotopic (exact) mass is 510 g/mol. The van der Waals surface area contributed by atoms with Crippen LogP contribution in [0.15, 0.2) is 98.0 Å². The van der Waals surface area contributed by atoms with Crippen molar-refractivity contribution in [1.29, 1.82) is 0 Å². The van der Waals surface area contributed by atoms with Crippen LogP contribution < -0.4 is 10.3 Å². The lowest BCUT2D eigenvalue weighted by atomic mass is 10.2. The average Bonchev–Trinajstić information content (AvgIpc) is 3.08. The van der Waals surface area contributed by atoms with E-state index in [9.17, 15) is 13.2 Å². The molecule has 0 spiro atoms. The molecule has 0 amide bonds. The Morgan fingerprint density at radius 1 is 0.969 bits per heavy atom. The van der Waals surface area contributed by atoms with Gasteiger partial charge in [-0.05, 0) is 71.4 Å². The van der Waals surface area contributed by atoms with Crippen LogP contribution in [0.5, 0.6) is 0 Å². The Labute approximate surface area is 193 Å².